The maximum absolute atomic E-state index is 12.5. The first-order chi connectivity index (χ1) is 10.2. The van der Waals surface area contributed by atoms with Crippen molar-refractivity contribution in [3.63, 3.8) is 0 Å². The van der Waals surface area contributed by atoms with E-state index in [-0.39, 0.29) is 17.0 Å². The third-order valence-corrected chi connectivity index (χ3v) is 6.13. The second kappa shape index (κ2) is 6.74. The van der Waals surface area contributed by atoms with Crippen LogP contribution in [0.1, 0.15) is 23.2 Å². The highest BCUT2D eigenvalue weighted by atomic mass is 35.5. The van der Waals surface area contributed by atoms with Gasteiger partial charge in [0.25, 0.3) is 5.91 Å². The van der Waals surface area contributed by atoms with Crippen molar-refractivity contribution in [1.82, 2.24) is 9.21 Å². The molecule has 0 N–H and O–H groups in total. The molecule has 0 spiro atoms. The van der Waals surface area contributed by atoms with Gasteiger partial charge in [0.15, 0.2) is 0 Å². The van der Waals surface area contributed by atoms with Crippen molar-refractivity contribution in [3.8, 4) is 0 Å². The van der Waals surface area contributed by atoms with Gasteiger partial charge in [-0.25, -0.2) is 12.7 Å². The molecule has 5 nitrogen and oxygen atoms in total. The molecule has 0 unspecified atom stereocenters. The fourth-order valence-electron chi connectivity index (χ4n) is 2.54. The maximum Gasteiger partial charge on any atom is 0.255 e. The van der Waals surface area contributed by atoms with Crippen molar-refractivity contribution in [3.05, 3.63) is 33.8 Å². The Balaban J connectivity index is 2.06. The van der Waals surface area contributed by atoms with Crippen LogP contribution < -0.4 is 0 Å². The molecule has 0 aromatic heterocycles. The van der Waals surface area contributed by atoms with Gasteiger partial charge in [0.2, 0.25) is 10.0 Å². The Morgan fingerprint density at radius 1 is 1.27 bits per heavy atom. The number of hydrogen-bond acceptors (Lipinski definition) is 3. The van der Waals surface area contributed by atoms with Gasteiger partial charge < -0.3 is 4.90 Å². The van der Waals surface area contributed by atoms with Gasteiger partial charge in [0.1, 0.15) is 0 Å². The molecule has 1 heterocycles. The zero-order chi connectivity index (χ0) is 16.5. The summed E-state index contributed by atoms with van der Waals surface area (Å²) in [6.07, 6.45) is 2.40. The van der Waals surface area contributed by atoms with E-state index in [0.29, 0.717) is 36.5 Å². The largest absolute Gasteiger partial charge is 0.338 e. The average Bonchev–Trinajstić information content (AvgIpc) is 2.48. The zero-order valence-corrected chi connectivity index (χ0v) is 14.7. The molecule has 1 aliphatic heterocycles. The Kier molecular flexibility index (Phi) is 5.37. The number of carbonyl (C=O) groups is 1. The Bertz CT molecular complexity index is 671. The van der Waals surface area contributed by atoms with Crippen LogP contribution >= 0.6 is 23.2 Å². The van der Waals surface area contributed by atoms with Gasteiger partial charge in [-0.2, -0.15) is 0 Å². The fraction of sp³-hybridized carbons (Fsp3) is 0.500. The Morgan fingerprint density at radius 2 is 1.86 bits per heavy atom. The molecular weight excluding hydrogens is 347 g/mol. The van der Waals surface area contributed by atoms with Gasteiger partial charge in [0, 0.05) is 26.2 Å². The standard InChI is InChI=1S/C14H18Cl2N2O3S/c1-17(22(2,20)21)10-6-8-18(9-7-10)14(19)11-4-3-5-12(15)13(11)16/h3-5,10H,6-9H2,1-2H3. The molecule has 8 heteroatoms. The molecule has 1 aromatic rings. The third-order valence-electron chi connectivity index (χ3n) is 3.97. The summed E-state index contributed by atoms with van der Waals surface area (Å²) < 4.78 is 24.5. The lowest BCUT2D eigenvalue weighted by atomic mass is 10.0. The van der Waals surface area contributed by atoms with Crippen molar-refractivity contribution >= 4 is 39.1 Å². The third kappa shape index (κ3) is 3.74. The Hall–Kier alpha value is -0.820. The number of carbonyl (C=O) groups excluding carboxylic acids is 1. The number of piperidine rings is 1. The molecule has 1 amide bonds. The van der Waals surface area contributed by atoms with E-state index in [0.717, 1.165) is 0 Å². The van der Waals surface area contributed by atoms with E-state index in [2.05, 4.69) is 0 Å². The summed E-state index contributed by atoms with van der Waals surface area (Å²) in [5, 5.41) is 0.601. The Labute approximate surface area is 140 Å². The number of hydrogen-bond donors (Lipinski definition) is 0. The van der Waals surface area contributed by atoms with Crippen LogP contribution in [0.25, 0.3) is 0 Å². The number of sulfonamides is 1. The number of rotatable bonds is 3. The van der Waals surface area contributed by atoms with Crippen LogP contribution in [0, 0.1) is 0 Å². The lowest BCUT2D eigenvalue weighted by Crippen LogP contribution is -2.47. The second-order valence-corrected chi connectivity index (χ2v) is 8.23. The van der Waals surface area contributed by atoms with Crippen molar-refractivity contribution in [1.29, 1.82) is 0 Å². The lowest BCUT2D eigenvalue weighted by molar-refractivity contribution is 0.0686. The summed E-state index contributed by atoms with van der Waals surface area (Å²) >= 11 is 12.0. The molecule has 0 atom stereocenters. The highest BCUT2D eigenvalue weighted by molar-refractivity contribution is 7.88. The van der Waals surface area contributed by atoms with Crippen LogP contribution in [0.3, 0.4) is 0 Å². The van der Waals surface area contributed by atoms with E-state index in [9.17, 15) is 13.2 Å². The summed E-state index contributed by atoms with van der Waals surface area (Å²) in [6.45, 7) is 0.985. The molecule has 0 bridgehead atoms. The molecule has 2 rings (SSSR count). The van der Waals surface area contributed by atoms with E-state index in [1.54, 1.807) is 30.1 Å². The predicted molar refractivity (Wildman–Crippen MR) is 88.0 cm³/mol. The Morgan fingerprint density at radius 3 is 2.41 bits per heavy atom. The number of halogens is 2. The van der Waals surface area contributed by atoms with E-state index in [1.165, 1.54) is 10.6 Å². The molecule has 1 aromatic carbocycles. The maximum atomic E-state index is 12.5. The number of benzene rings is 1. The first-order valence-electron chi connectivity index (χ1n) is 6.88. The molecule has 22 heavy (non-hydrogen) atoms. The molecule has 1 saturated heterocycles. The van der Waals surface area contributed by atoms with Crippen molar-refractivity contribution in [2.75, 3.05) is 26.4 Å². The predicted octanol–water partition coefficient (Wildman–Crippen LogP) is 2.49. The van der Waals surface area contributed by atoms with Crippen molar-refractivity contribution in [2.45, 2.75) is 18.9 Å². The van der Waals surface area contributed by atoms with Gasteiger partial charge in [-0.3, -0.25) is 4.79 Å². The van der Waals surface area contributed by atoms with E-state index < -0.39 is 10.0 Å². The van der Waals surface area contributed by atoms with Crippen LogP contribution in [-0.4, -0.2) is 56.0 Å². The summed E-state index contributed by atoms with van der Waals surface area (Å²) in [5.41, 5.74) is 0.379. The van der Waals surface area contributed by atoms with Crippen LogP contribution in [0.2, 0.25) is 10.0 Å². The highest BCUT2D eigenvalue weighted by Gasteiger charge is 2.30. The molecular formula is C14H18Cl2N2O3S. The first-order valence-corrected chi connectivity index (χ1v) is 9.48. The van der Waals surface area contributed by atoms with Gasteiger partial charge in [-0.05, 0) is 25.0 Å². The molecule has 1 aliphatic rings. The number of nitrogens with zero attached hydrogens (tertiary/aromatic N) is 2. The topological polar surface area (TPSA) is 57.7 Å². The normalized spacial score (nSPS) is 17.0. The lowest BCUT2D eigenvalue weighted by Gasteiger charge is -2.35. The summed E-state index contributed by atoms with van der Waals surface area (Å²) in [6, 6.07) is 4.89. The van der Waals surface area contributed by atoms with Crippen LogP contribution in [0.15, 0.2) is 18.2 Å². The van der Waals surface area contributed by atoms with Crippen LogP contribution in [0.4, 0.5) is 0 Å². The molecule has 122 valence electrons. The summed E-state index contributed by atoms with van der Waals surface area (Å²) in [5.74, 6) is -0.173. The molecule has 0 radical (unpaired) electrons. The van der Waals surface area contributed by atoms with Crippen LogP contribution in [-0.2, 0) is 10.0 Å². The minimum atomic E-state index is -3.21. The minimum absolute atomic E-state index is 0.0751. The molecule has 1 fully saturated rings. The van der Waals surface area contributed by atoms with E-state index in [4.69, 9.17) is 23.2 Å². The van der Waals surface area contributed by atoms with Gasteiger partial charge >= 0.3 is 0 Å². The molecule has 0 aliphatic carbocycles. The monoisotopic (exact) mass is 364 g/mol. The van der Waals surface area contributed by atoms with Gasteiger partial charge in [-0.15, -0.1) is 0 Å². The quantitative estimate of drug-likeness (QED) is 0.827. The fourth-order valence-corrected chi connectivity index (χ4v) is 3.68. The van der Waals surface area contributed by atoms with Gasteiger partial charge in [-0.1, -0.05) is 29.3 Å². The number of amides is 1. The minimum Gasteiger partial charge on any atom is -0.338 e. The second-order valence-electron chi connectivity index (χ2n) is 5.40. The highest BCUT2D eigenvalue weighted by Crippen LogP contribution is 2.27. The molecule has 0 saturated carbocycles. The summed E-state index contributed by atoms with van der Waals surface area (Å²) in [7, 11) is -1.64. The van der Waals surface area contributed by atoms with Gasteiger partial charge in [0.05, 0.1) is 21.9 Å². The van der Waals surface area contributed by atoms with E-state index in [1.807, 2.05) is 0 Å². The SMILES string of the molecule is CN(C1CCN(C(=O)c2cccc(Cl)c2Cl)CC1)S(C)(=O)=O. The van der Waals surface area contributed by atoms with E-state index >= 15 is 0 Å². The average molecular weight is 365 g/mol. The first kappa shape index (κ1) is 17.5. The summed E-state index contributed by atoms with van der Waals surface area (Å²) in [4.78, 5) is 14.2. The zero-order valence-electron chi connectivity index (χ0n) is 12.4. The van der Waals surface area contributed by atoms with Crippen LogP contribution in [0.5, 0.6) is 0 Å². The van der Waals surface area contributed by atoms with Crippen molar-refractivity contribution in [2.24, 2.45) is 0 Å². The smallest absolute Gasteiger partial charge is 0.255 e. The van der Waals surface area contributed by atoms with Crippen molar-refractivity contribution < 1.29 is 13.2 Å². The number of likely N-dealkylation sites (tertiary alicyclic amines) is 1.